The van der Waals surface area contributed by atoms with E-state index in [-0.39, 0.29) is 17.8 Å². The standard InChI is InChI=1S/C19H19FN2OS2/c20-14-3-1-2-13(10-14)12-22-16-6-9-25-18(16)11-17(22)19(23)21-15-4-7-24-8-5-15/h1-3,6,9-11,15H,4-5,7-8,12H2,(H,21,23). The van der Waals surface area contributed by atoms with E-state index in [4.69, 9.17) is 0 Å². The molecular weight excluding hydrogens is 355 g/mol. The van der Waals surface area contributed by atoms with Crippen LogP contribution in [0.4, 0.5) is 4.39 Å². The van der Waals surface area contributed by atoms with Gasteiger partial charge in [0.1, 0.15) is 11.5 Å². The summed E-state index contributed by atoms with van der Waals surface area (Å²) >= 11 is 3.56. The Morgan fingerprint density at radius 1 is 1.24 bits per heavy atom. The Morgan fingerprint density at radius 2 is 2.08 bits per heavy atom. The van der Waals surface area contributed by atoms with Gasteiger partial charge in [-0.2, -0.15) is 11.8 Å². The zero-order valence-corrected chi connectivity index (χ0v) is 15.3. The first-order valence-electron chi connectivity index (χ1n) is 8.40. The lowest BCUT2D eigenvalue weighted by atomic mass is 10.1. The highest BCUT2D eigenvalue weighted by molar-refractivity contribution is 7.99. The molecule has 1 aromatic carbocycles. The molecule has 6 heteroatoms. The monoisotopic (exact) mass is 374 g/mol. The van der Waals surface area contributed by atoms with Crippen LogP contribution in [0.1, 0.15) is 28.9 Å². The van der Waals surface area contributed by atoms with Crippen molar-refractivity contribution in [2.24, 2.45) is 0 Å². The van der Waals surface area contributed by atoms with E-state index >= 15 is 0 Å². The van der Waals surface area contributed by atoms with Gasteiger partial charge in [-0.15, -0.1) is 11.3 Å². The van der Waals surface area contributed by atoms with Crippen molar-refractivity contribution in [2.75, 3.05) is 11.5 Å². The Morgan fingerprint density at radius 3 is 2.88 bits per heavy atom. The molecule has 3 nitrogen and oxygen atoms in total. The number of thioether (sulfide) groups is 1. The van der Waals surface area contributed by atoms with Crippen LogP contribution >= 0.6 is 23.1 Å². The number of thiophene rings is 1. The van der Waals surface area contributed by atoms with Crippen molar-refractivity contribution in [3.8, 4) is 0 Å². The summed E-state index contributed by atoms with van der Waals surface area (Å²) in [5, 5.41) is 5.20. The molecule has 0 spiro atoms. The molecule has 0 unspecified atom stereocenters. The van der Waals surface area contributed by atoms with Gasteiger partial charge in [0.05, 0.1) is 10.2 Å². The van der Waals surface area contributed by atoms with Crippen molar-refractivity contribution in [1.29, 1.82) is 0 Å². The molecule has 1 fully saturated rings. The van der Waals surface area contributed by atoms with Gasteiger partial charge >= 0.3 is 0 Å². The molecule has 1 saturated heterocycles. The molecule has 25 heavy (non-hydrogen) atoms. The van der Waals surface area contributed by atoms with Gasteiger partial charge in [0.15, 0.2) is 0 Å². The smallest absolute Gasteiger partial charge is 0.268 e. The molecule has 1 aliphatic heterocycles. The van der Waals surface area contributed by atoms with Gasteiger partial charge in [-0.3, -0.25) is 4.79 Å². The summed E-state index contributed by atoms with van der Waals surface area (Å²) in [7, 11) is 0. The number of carbonyl (C=O) groups excluding carboxylic acids is 1. The van der Waals surface area contributed by atoms with Crippen molar-refractivity contribution in [1.82, 2.24) is 9.88 Å². The van der Waals surface area contributed by atoms with Crippen LogP contribution in [0.3, 0.4) is 0 Å². The number of hydrogen-bond acceptors (Lipinski definition) is 3. The Balaban J connectivity index is 1.63. The maximum atomic E-state index is 13.5. The first-order valence-corrected chi connectivity index (χ1v) is 10.4. The molecule has 0 radical (unpaired) electrons. The largest absolute Gasteiger partial charge is 0.348 e. The minimum Gasteiger partial charge on any atom is -0.348 e. The first kappa shape index (κ1) is 16.7. The topological polar surface area (TPSA) is 34.0 Å². The van der Waals surface area contributed by atoms with E-state index < -0.39 is 0 Å². The average molecular weight is 375 g/mol. The van der Waals surface area contributed by atoms with E-state index in [1.807, 2.05) is 39.9 Å². The van der Waals surface area contributed by atoms with E-state index in [9.17, 15) is 9.18 Å². The van der Waals surface area contributed by atoms with Crippen LogP contribution in [-0.4, -0.2) is 28.0 Å². The molecule has 1 N–H and O–H groups in total. The maximum Gasteiger partial charge on any atom is 0.268 e. The van der Waals surface area contributed by atoms with Crippen LogP contribution in [0.5, 0.6) is 0 Å². The lowest BCUT2D eigenvalue weighted by Gasteiger charge is -2.23. The molecule has 1 aliphatic rings. The van der Waals surface area contributed by atoms with Crippen LogP contribution in [0, 0.1) is 5.82 Å². The van der Waals surface area contributed by atoms with Gasteiger partial charge in [0.25, 0.3) is 5.91 Å². The number of halogens is 1. The van der Waals surface area contributed by atoms with E-state index in [0.29, 0.717) is 12.2 Å². The minimum absolute atomic E-state index is 0.0308. The van der Waals surface area contributed by atoms with Crippen LogP contribution in [0.15, 0.2) is 41.8 Å². The number of fused-ring (bicyclic) bond motifs is 1. The van der Waals surface area contributed by atoms with Crippen molar-refractivity contribution in [3.63, 3.8) is 0 Å². The van der Waals surface area contributed by atoms with Gasteiger partial charge in [-0.1, -0.05) is 12.1 Å². The Bertz CT molecular complexity index is 896. The van der Waals surface area contributed by atoms with E-state index in [1.54, 1.807) is 17.4 Å². The Hall–Kier alpha value is -1.79. The van der Waals surface area contributed by atoms with Crippen LogP contribution in [0.25, 0.3) is 10.2 Å². The number of carbonyl (C=O) groups is 1. The zero-order valence-electron chi connectivity index (χ0n) is 13.7. The Labute approximate surface area is 154 Å². The van der Waals surface area contributed by atoms with Crippen molar-refractivity contribution < 1.29 is 9.18 Å². The van der Waals surface area contributed by atoms with Crippen molar-refractivity contribution >= 4 is 39.2 Å². The lowest BCUT2D eigenvalue weighted by molar-refractivity contribution is 0.0926. The normalized spacial score (nSPS) is 15.6. The van der Waals surface area contributed by atoms with E-state index in [2.05, 4.69) is 5.32 Å². The van der Waals surface area contributed by atoms with Crippen LogP contribution in [-0.2, 0) is 6.54 Å². The highest BCUT2D eigenvalue weighted by Gasteiger charge is 2.21. The van der Waals surface area contributed by atoms with Crippen LogP contribution in [0.2, 0.25) is 0 Å². The molecule has 0 atom stereocenters. The predicted molar refractivity (Wildman–Crippen MR) is 103 cm³/mol. The molecule has 3 aromatic rings. The second kappa shape index (κ2) is 7.22. The summed E-state index contributed by atoms with van der Waals surface area (Å²) in [4.78, 5) is 12.9. The summed E-state index contributed by atoms with van der Waals surface area (Å²) in [6, 6.07) is 10.8. The average Bonchev–Trinajstić information content (AvgIpc) is 3.19. The Kier molecular flexibility index (Phi) is 4.81. The van der Waals surface area contributed by atoms with Crippen molar-refractivity contribution in [2.45, 2.75) is 25.4 Å². The summed E-state index contributed by atoms with van der Waals surface area (Å²) in [6.45, 7) is 0.487. The second-order valence-corrected chi connectivity index (χ2v) is 8.45. The molecular formula is C19H19FN2OS2. The fraction of sp³-hybridized carbons (Fsp3) is 0.316. The highest BCUT2D eigenvalue weighted by atomic mass is 32.2. The van der Waals surface area contributed by atoms with Crippen molar-refractivity contribution in [3.05, 3.63) is 58.9 Å². The second-order valence-electron chi connectivity index (χ2n) is 6.28. The van der Waals surface area contributed by atoms with E-state index in [1.165, 1.54) is 12.1 Å². The molecule has 0 saturated carbocycles. The van der Waals surface area contributed by atoms with Gasteiger partial charge in [-0.25, -0.2) is 4.39 Å². The fourth-order valence-electron chi connectivity index (χ4n) is 3.25. The first-order chi connectivity index (χ1) is 12.2. The third-order valence-electron chi connectivity index (χ3n) is 4.54. The molecule has 0 aliphatic carbocycles. The molecule has 1 amide bonds. The number of aromatic nitrogens is 1. The van der Waals surface area contributed by atoms with Gasteiger partial charge in [0, 0.05) is 12.6 Å². The van der Waals surface area contributed by atoms with Gasteiger partial charge in [0.2, 0.25) is 0 Å². The lowest BCUT2D eigenvalue weighted by Crippen LogP contribution is -2.38. The summed E-state index contributed by atoms with van der Waals surface area (Å²) in [6.07, 6.45) is 2.05. The molecule has 2 aromatic heterocycles. The predicted octanol–water partition coefficient (Wildman–Crippen LogP) is 4.52. The van der Waals surface area contributed by atoms with E-state index in [0.717, 1.165) is 40.1 Å². The fourth-order valence-corrected chi connectivity index (χ4v) is 5.18. The number of rotatable bonds is 4. The molecule has 4 rings (SSSR count). The molecule has 3 heterocycles. The third kappa shape index (κ3) is 3.60. The maximum absolute atomic E-state index is 13.5. The summed E-state index contributed by atoms with van der Waals surface area (Å²) in [5.74, 6) is 1.92. The van der Waals surface area contributed by atoms with Gasteiger partial charge < -0.3 is 9.88 Å². The summed E-state index contributed by atoms with van der Waals surface area (Å²) < 4.78 is 16.6. The number of nitrogens with one attached hydrogen (secondary N) is 1. The summed E-state index contributed by atoms with van der Waals surface area (Å²) in [5.41, 5.74) is 2.54. The minimum atomic E-state index is -0.253. The van der Waals surface area contributed by atoms with Gasteiger partial charge in [-0.05, 0) is 59.6 Å². The molecule has 0 bridgehead atoms. The zero-order chi connectivity index (χ0) is 17.2. The number of amides is 1. The van der Waals surface area contributed by atoms with Crippen LogP contribution < -0.4 is 5.32 Å². The highest BCUT2D eigenvalue weighted by Crippen LogP contribution is 2.27. The number of benzene rings is 1. The number of hydrogen-bond donors (Lipinski definition) is 1. The molecule has 130 valence electrons. The SMILES string of the molecule is O=C(NC1CCSCC1)c1cc2sccc2n1Cc1cccc(F)c1. The quantitative estimate of drug-likeness (QED) is 0.729. The number of nitrogens with zero attached hydrogens (tertiary/aromatic N) is 1. The third-order valence-corrected chi connectivity index (χ3v) is 6.44.